The third-order valence-electron chi connectivity index (χ3n) is 3.87. The van der Waals surface area contributed by atoms with Crippen LogP contribution in [0.5, 0.6) is 0 Å². The molecule has 0 aliphatic rings. The fourth-order valence-corrected chi connectivity index (χ4v) is 2.39. The molecule has 0 unspecified atom stereocenters. The number of hydrogen-bond donors (Lipinski definition) is 2. The number of carbonyl (C=O) groups excluding carboxylic acids is 2. The minimum absolute atomic E-state index is 0.0989. The number of alkyl halides is 3. The second-order valence-electron chi connectivity index (χ2n) is 5.87. The van der Waals surface area contributed by atoms with Gasteiger partial charge in [0.2, 0.25) is 0 Å². The Hall–Kier alpha value is -3.10. The Bertz CT molecular complexity index is 856. The molecule has 0 saturated carbocycles. The van der Waals surface area contributed by atoms with Gasteiger partial charge in [-0.05, 0) is 43.7 Å². The first-order valence-corrected chi connectivity index (χ1v) is 8.26. The quantitative estimate of drug-likeness (QED) is 0.441. The molecule has 150 valence electrons. The molecule has 0 fully saturated rings. The maximum Gasteiger partial charge on any atom is 0.441 e. The van der Waals surface area contributed by atoms with Crippen molar-refractivity contribution in [2.75, 3.05) is 11.9 Å². The number of aryl methyl sites for hydroxylation is 1. The normalized spacial score (nSPS) is 13.4. The average molecular weight is 398 g/mol. The van der Waals surface area contributed by atoms with E-state index in [1.807, 2.05) is 5.32 Å². The minimum Gasteiger partial charge on any atom is -0.463 e. The van der Waals surface area contributed by atoms with Crippen LogP contribution < -0.4 is 10.6 Å². The minimum atomic E-state index is -5.30. The van der Waals surface area contributed by atoms with Crippen molar-refractivity contribution in [2.24, 2.45) is 0 Å². The Morgan fingerprint density at radius 1 is 1.07 bits per heavy atom. The van der Waals surface area contributed by atoms with Gasteiger partial charge in [-0.1, -0.05) is 24.3 Å². The van der Waals surface area contributed by atoms with Gasteiger partial charge in [0.25, 0.3) is 5.91 Å². The van der Waals surface area contributed by atoms with Gasteiger partial charge < -0.3 is 15.4 Å². The molecule has 0 bridgehead atoms. The van der Waals surface area contributed by atoms with Crippen molar-refractivity contribution >= 4 is 17.6 Å². The van der Waals surface area contributed by atoms with Crippen LogP contribution in [-0.2, 0) is 9.53 Å². The van der Waals surface area contributed by atoms with Crippen LogP contribution in [0.2, 0.25) is 0 Å². The Kier molecular flexibility index (Phi) is 6.27. The molecule has 0 saturated heterocycles. The number of amides is 1. The molecule has 1 atom stereocenters. The van der Waals surface area contributed by atoms with E-state index in [9.17, 15) is 27.2 Å². The van der Waals surface area contributed by atoms with E-state index in [-0.39, 0.29) is 23.4 Å². The summed E-state index contributed by atoms with van der Waals surface area (Å²) < 4.78 is 60.4. The summed E-state index contributed by atoms with van der Waals surface area (Å²) in [7, 11) is 0. The molecule has 1 amide bonds. The second kappa shape index (κ2) is 8.28. The molecule has 0 aromatic heterocycles. The fraction of sp³-hybridized carbons (Fsp3) is 0.263. The smallest absolute Gasteiger partial charge is 0.441 e. The fourth-order valence-electron chi connectivity index (χ4n) is 2.39. The highest BCUT2D eigenvalue weighted by Gasteiger charge is 2.63. The average Bonchev–Trinajstić information content (AvgIpc) is 2.64. The van der Waals surface area contributed by atoms with Gasteiger partial charge in [0.05, 0.1) is 6.61 Å². The number of carbonyl (C=O) groups is 2. The van der Waals surface area contributed by atoms with E-state index in [1.54, 1.807) is 11.4 Å². The van der Waals surface area contributed by atoms with Crippen molar-refractivity contribution in [1.29, 1.82) is 0 Å². The largest absolute Gasteiger partial charge is 0.463 e. The van der Waals surface area contributed by atoms with E-state index in [0.717, 1.165) is 12.1 Å². The van der Waals surface area contributed by atoms with Gasteiger partial charge in [0.1, 0.15) is 5.82 Å². The van der Waals surface area contributed by atoms with E-state index in [1.165, 1.54) is 44.2 Å². The van der Waals surface area contributed by atoms with Crippen LogP contribution in [0.4, 0.5) is 23.2 Å². The third kappa shape index (κ3) is 4.41. The molecule has 28 heavy (non-hydrogen) atoms. The molecule has 0 heterocycles. The van der Waals surface area contributed by atoms with Crippen LogP contribution in [-0.4, -0.2) is 30.3 Å². The SMILES string of the molecule is CCOC(=O)[C@](NC(=O)c1ccccc1)(Nc1cc(F)ccc1C)C(F)(F)F. The van der Waals surface area contributed by atoms with E-state index in [2.05, 4.69) is 4.74 Å². The summed E-state index contributed by atoms with van der Waals surface area (Å²) in [5.74, 6) is -3.75. The predicted octanol–water partition coefficient (Wildman–Crippen LogP) is 3.80. The van der Waals surface area contributed by atoms with Crippen molar-refractivity contribution < 1.29 is 31.9 Å². The molecule has 2 rings (SSSR count). The summed E-state index contributed by atoms with van der Waals surface area (Å²) in [4.78, 5) is 24.8. The molecule has 9 heteroatoms. The molecule has 0 spiro atoms. The molecule has 0 aliphatic heterocycles. The highest BCUT2D eigenvalue weighted by Crippen LogP contribution is 2.34. The highest BCUT2D eigenvalue weighted by molar-refractivity contribution is 5.99. The number of ether oxygens (including phenoxy) is 1. The van der Waals surface area contributed by atoms with E-state index < -0.39 is 29.5 Å². The Morgan fingerprint density at radius 3 is 2.29 bits per heavy atom. The molecule has 2 aromatic carbocycles. The van der Waals surface area contributed by atoms with Crippen molar-refractivity contribution in [1.82, 2.24) is 5.32 Å². The first-order chi connectivity index (χ1) is 13.1. The van der Waals surface area contributed by atoms with Crippen molar-refractivity contribution in [3.63, 3.8) is 0 Å². The van der Waals surface area contributed by atoms with Gasteiger partial charge in [-0.2, -0.15) is 13.2 Å². The summed E-state index contributed by atoms with van der Waals surface area (Å²) in [5.41, 5.74) is -3.81. The summed E-state index contributed by atoms with van der Waals surface area (Å²) in [6.07, 6.45) is -5.30. The van der Waals surface area contributed by atoms with Gasteiger partial charge in [-0.25, -0.2) is 9.18 Å². The summed E-state index contributed by atoms with van der Waals surface area (Å²) >= 11 is 0. The zero-order chi connectivity index (χ0) is 20.9. The Balaban J connectivity index is 2.56. The van der Waals surface area contributed by atoms with Crippen LogP contribution in [0.15, 0.2) is 48.5 Å². The van der Waals surface area contributed by atoms with Gasteiger partial charge in [-0.3, -0.25) is 4.79 Å². The van der Waals surface area contributed by atoms with Crippen LogP contribution in [0.3, 0.4) is 0 Å². The number of hydrogen-bond acceptors (Lipinski definition) is 4. The lowest BCUT2D eigenvalue weighted by Crippen LogP contribution is -2.69. The van der Waals surface area contributed by atoms with Gasteiger partial charge in [-0.15, -0.1) is 0 Å². The maximum atomic E-state index is 14.1. The molecule has 2 aromatic rings. The van der Waals surface area contributed by atoms with Crippen molar-refractivity contribution in [3.05, 3.63) is 65.5 Å². The zero-order valence-corrected chi connectivity index (χ0v) is 15.1. The second-order valence-corrected chi connectivity index (χ2v) is 5.87. The Labute approximate surface area is 158 Å². The number of anilines is 1. The number of benzene rings is 2. The lowest BCUT2D eigenvalue weighted by Gasteiger charge is -2.35. The summed E-state index contributed by atoms with van der Waals surface area (Å²) in [6, 6.07) is 10.2. The van der Waals surface area contributed by atoms with Crippen LogP contribution in [0.25, 0.3) is 0 Å². The van der Waals surface area contributed by atoms with E-state index in [0.29, 0.717) is 0 Å². The molecule has 5 nitrogen and oxygen atoms in total. The Morgan fingerprint density at radius 2 is 1.71 bits per heavy atom. The lowest BCUT2D eigenvalue weighted by atomic mass is 10.1. The zero-order valence-electron chi connectivity index (χ0n) is 15.1. The lowest BCUT2D eigenvalue weighted by molar-refractivity contribution is -0.204. The van der Waals surface area contributed by atoms with E-state index >= 15 is 0 Å². The molecular formula is C19H18F4N2O3. The number of esters is 1. The van der Waals surface area contributed by atoms with Crippen molar-refractivity contribution in [2.45, 2.75) is 25.7 Å². The molecule has 0 radical (unpaired) electrons. The van der Waals surface area contributed by atoms with Crippen LogP contribution in [0, 0.1) is 12.7 Å². The van der Waals surface area contributed by atoms with Gasteiger partial charge in [0, 0.05) is 11.3 Å². The highest BCUT2D eigenvalue weighted by atomic mass is 19.4. The third-order valence-corrected chi connectivity index (χ3v) is 3.87. The van der Waals surface area contributed by atoms with Crippen LogP contribution >= 0.6 is 0 Å². The van der Waals surface area contributed by atoms with E-state index in [4.69, 9.17) is 0 Å². The first-order valence-electron chi connectivity index (χ1n) is 8.26. The summed E-state index contributed by atoms with van der Waals surface area (Å²) in [5, 5.41) is 3.65. The number of halogens is 4. The molecule has 0 aliphatic carbocycles. The van der Waals surface area contributed by atoms with Gasteiger partial charge >= 0.3 is 17.8 Å². The topological polar surface area (TPSA) is 67.4 Å². The predicted molar refractivity (Wildman–Crippen MR) is 94.1 cm³/mol. The number of nitrogens with one attached hydrogen (secondary N) is 2. The summed E-state index contributed by atoms with van der Waals surface area (Å²) in [6.45, 7) is 2.39. The standard InChI is InChI=1S/C19H18F4N2O3/c1-3-28-17(27)18(19(21,22)23,24-15-11-14(20)10-9-12(15)2)25-16(26)13-7-5-4-6-8-13/h4-11,24H,3H2,1-2H3,(H,25,26)/t18-/m1/s1. The first kappa shape index (κ1) is 21.2. The maximum absolute atomic E-state index is 14.1. The monoisotopic (exact) mass is 398 g/mol. The molecular weight excluding hydrogens is 380 g/mol. The van der Waals surface area contributed by atoms with Gasteiger partial charge in [0.15, 0.2) is 0 Å². The van der Waals surface area contributed by atoms with Crippen LogP contribution in [0.1, 0.15) is 22.8 Å². The van der Waals surface area contributed by atoms with Crippen molar-refractivity contribution in [3.8, 4) is 0 Å². The molecule has 2 N–H and O–H groups in total. The number of rotatable bonds is 6.